The van der Waals surface area contributed by atoms with Crippen LogP contribution in [0.3, 0.4) is 0 Å². The van der Waals surface area contributed by atoms with Crippen LogP contribution >= 0.6 is 0 Å². The second-order valence-corrected chi connectivity index (χ2v) is 5.84. The molecule has 1 unspecified atom stereocenters. The van der Waals surface area contributed by atoms with E-state index in [2.05, 4.69) is 38.3 Å². The summed E-state index contributed by atoms with van der Waals surface area (Å²) in [5.74, 6) is -1.11. The molecule has 1 aliphatic rings. The summed E-state index contributed by atoms with van der Waals surface area (Å²) in [6, 6.07) is -1.45. The summed E-state index contributed by atoms with van der Waals surface area (Å²) in [6.45, 7) is 8.23. The van der Waals surface area contributed by atoms with E-state index in [0.29, 0.717) is 0 Å². The molecule has 0 radical (unpaired) electrons. The molecular weight excluding hydrogens is 236 g/mol. The van der Waals surface area contributed by atoms with Crippen LogP contribution in [0.1, 0.15) is 27.7 Å². The summed E-state index contributed by atoms with van der Waals surface area (Å²) in [6.07, 6.45) is 0. The number of carbonyl (C=O) groups is 2. The first-order valence-electron chi connectivity index (χ1n) is 5.93. The normalized spacial score (nSPS) is 22.1. The van der Waals surface area contributed by atoms with Gasteiger partial charge in [-0.3, -0.25) is 0 Å². The van der Waals surface area contributed by atoms with Crippen LogP contribution in [0.25, 0.3) is 0 Å². The Hall–Kier alpha value is -1.30. The lowest BCUT2D eigenvalue weighted by Gasteiger charge is -2.15. The van der Waals surface area contributed by atoms with Gasteiger partial charge in [0, 0.05) is 13.2 Å². The molecule has 0 saturated heterocycles. The maximum atomic E-state index is 11.7. The maximum Gasteiger partial charge on any atom is 0.328 e. The molecule has 1 aliphatic carbocycles. The average Bonchev–Trinajstić information content (AvgIpc) is 2.60. The predicted molar refractivity (Wildman–Crippen MR) is 66.3 cm³/mol. The zero-order chi connectivity index (χ0) is 14.1. The van der Waals surface area contributed by atoms with Gasteiger partial charge in [-0.15, -0.1) is 0 Å². The summed E-state index contributed by atoms with van der Waals surface area (Å²) in [4.78, 5) is 22.6. The van der Waals surface area contributed by atoms with Gasteiger partial charge in [0.05, 0.1) is 6.61 Å². The lowest BCUT2D eigenvalue weighted by atomic mass is 10.0. The Balaban J connectivity index is 2.50. The lowest BCUT2D eigenvalue weighted by molar-refractivity contribution is -0.140. The van der Waals surface area contributed by atoms with Crippen molar-refractivity contribution in [2.24, 2.45) is 10.8 Å². The van der Waals surface area contributed by atoms with Gasteiger partial charge < -0.3 is 20.5 Å². The number of hydrogen-bond acceptors (Lipinski definition) is 3. The summed E-state index contributed by atoms with van der Waals surface area (Å²) in [7, 11) is 1.39. The van der Waals surface area contributed by atoms with Gasteiger partial charge in [0.15, 0.2) is 6.04 Å². The Morgan fingerprint density at radius 2 is 1.78 bits per heavy atom. The van der Waals surface area contributed by atoms with Crippen LogP contribution in [0.5, 0.6) is 0 Å². The third kappa shape index (κ3) is 2.58. The van der Waals surface area contributed by atoms with Crippen molar-refractivity contribution in [2.45, 2.75) is 39.8 Å². The van der Waals surface area contributed by atoms with E-state index in [-0.39, 0.29) is 23.5 Å². The molecule has 1 saturated carbocycles. The molecule has 0 aliphatic heterocycles. The van der Waals surface area contributed by atoms with Crippen LogP contribution in [0.15, 0.2) is 0 Å². The Kier molecular flexibility index (Phi) is 3.90. The number of aliphatic carboxylic acids is 1. The van der Waals surface area contributed by atoms with Crippen LogP contribution in [-0.2, 0) is 9.53 Å². The molecule has 3 N–H and O–H groups in total. The molecule has 0 spiro atoms. The highest BCUT2D eigenvalue weighted by atomic mass is 16.5. The second kappa shape index (κ2) is 4.76. The highest BCUT2D eigenvalue weighted by Crippen LogP contribution is 2.62. The minimum atomic E-state index is -1.11. The number of carbonyl (C=O) groups excluding carboxylic acids is 1. The van der Waals surface area contributed by atoms with Gasteiger partial charge in [-0.25, -0.2) is 9.59 Å². The number of urea groups is 1. The molecule has 0 aromatic rings. The molecule has 0 bridgehead atoms. The SMILES string of the molecule is COCC(NC(=O)NC1C(C)(C)C1(C)C)C(=O)O. The van der Waals surface area contributed by atoms with Crippen LogP contribution in [0.2, 0.25) is 0 Å². The van der Waals surface area contributed by atoms with Crippen molar-refractivity contribution in [3.05, 3.63) is 0 Å². The zero-order valence-corrected chi connectivity index (χ0v) is 11.5. The molecule has 0 aromatic carbocycles. The Morgan fingerprint density at radius 1 is 1.28 bits per heavy atom. The van der Waals surface area contributed by atoms with E-state index in [9.17, 15) is 9.59 Å². The van der Waals surface area contributed by atoms with Crippen molar-refractivity contribution >= 4 is 12.0 Å². The number of carboxylic acid groups (broad SMARTS) is 1. The topological polar surface area (TPSA) is 87.7 Å². The first-order chi connectivity index (χ1) is 8.14. The Morgan fingerprint density at radius 3 is 2.11 bits per heavy atom. The van der Waals surface area contributed by atoms with Gasteiger partial charge in [-0.05, 0) is 10.8 Å². The van der Waals surface area contributed by atoms with Crippen molar-refractivity contribution in [2.75, 3.05) is 13.7 Å². The number of ether oxygens (including phenoxy) is 1. The van der Waals surface area contributed by atoms with E-state index in [1.165, 1.54) is 7.11 Å². The van der Waals surface area contributed by atoms with Crippen molar-refractivity contribution in [1.29, 1.82) is 0 Å². The number of hydrogen-bond donors (Lipinski definition) is 3. The summed E-state index contributed by atoms with van der Waals surface area (Å²) in [5.41, 5.74) is 0.0363. The lowest BCUT2D eigenvalue weighted by Crippen LogP contribution is -2.49. The second-order valence-electron chi connectivity index (χ2n) is 5.84. The van der Waals surface area contributed by atoms with Gasteiger partial charge in [0.1, 0.15) is 0 Å². The van der Waals surface area contributed by atoms with Crippen molar-refractivity contribution < 1.29 is 19.4 Å². The number of nitrogens with one attached hydrogen (secondary N) is 2. The van der Waals surface area contributed by atoms with E-state index < -0.39 is 18.0 Å². The van der Waals surface area contributed by atoms with Crippen LogP contribution in [0, 0.1) is 10.8 Å². The first kappa shape index (κ1) is 14.8. The monoisotopic (exact) mass is 258 g/mol. The van der Waals surface area contributed by atoms with Gasteiger partial charge in [-0.1, -0.05) is 27.7 Å². The molecule has 0 aromatic heterocycles. The average molecular weight is 258 g/mol. The van der Waals surface area contributed by atoms with Gasteiger partial charge in [0.25, 0.3) is 0 Å². The van der Waals surface area contributed by atoms with E-state index in [1.807, 2.05) is 0 Å². The van der Waals surface area contributed by atoms with Crippen molar-refractivity contribution in [1.82, 2.24) is 10.6 Å². The number of rotatable bonds is 5. The van der Waals surface area contributed by atoms with Crippen LogP contribution in [0.4, 0.5) is 4.79 Å². The van der Waals surface area contributed by atoms with Gasteiger partial charge >= 0.3 is 12.0 Å². The third-order valence-corrected chi connectivity index (χ3v) is 4.23. The predicted octanol–water partition coefficient (Wildman–Crippen LogP) is 0.820. The van der Waals surface area contributed by atoms with E-state index in [1.54, 1.807) is 0 Å². The standard InChI is InChI=1S/C12H22N2O4/c1-11(2)9(12(11,3)4)14-10(17)13-7(6-18-5)8(15)16/h7,9H,6H2,1-5H3,(H,15,16)(H2,13,14,17). The van der Waals surface area contributed by atoms with E-state index in [4.69, 9.17) is 9.84 Å². The minimum Gasteiger partial charge on any atom is -0.480 e. The van der Waals surface area contributed by atoms with Gasteiger partial charge in [0.2, 0.25) is 0 Å². The van der Waals surface area contributed by atoms with Crippen molar-refractivity contribution in [3.63, 3.8) is 0 Å². The molecular formula is C12H22N2O4. The minimum absolute atomic E-state index is 0.0182. The molecule has 0 heterocycles. The highest BCUT2D eigenvalue weighted by Gasteiger charge is 2.65. The quantitative estimate of drug-likeness (QED) is 0.681. The highest BCUT2D eigenvalue weighted by molar-refractivity contribution is 5.83. The number of carboxylic acids is 1. The number of methoxy groups -OCH3 is 1. The Labute approximate surface area is 107 Å². The molecule has 1 fully saturated rings. The van der Waals surface area contributed by atoms with Crippen molar-refractivity contribution in [3.8, 4) is 0 Å². The van der Waals surface area contributed by atoms with E-state index in [0.717, 1.165) is 0 Å². The molecule has 18 heavy (non-hydrogen) atoms. The number of amides is 2. The van der Waals surface area contributed by atoms with Gasteiger partial charge in [-0.2, -0.15) is 0 Å². The molecule has 6 nitrogen and oxygen atoms in total. The summed E-state index contributed by atoms with van der Waals surface area (Å²) < 4.78 is 4.75. The molecule has 6 heteroatoms. The molecule has 104 valence electrons. The third-order valence-electron chi connectivity index (χ3n) is 4.23. The fraction of sp³-hybridized carbons (Fsp3) is 0.833. The smallest absolute Gasteiger partial charge is 0.328 e. The summed E-state index contributed by atoms with van der Waals surface area (Å²) in [5, 5.41) is 14.1. The zero-order valence-electron chi connectivity index (χ0n) is 11.5. The molecule has 2 amide bonds. The fourth-order valence-electron chi connectivity index (χ4n) is 2.23. The largest absolute Gasteiger partial charge is 0.480 e. The maximum absolute atomic E-state index is 11.7. The van der Waals surface area contributed by atoms with Crippen LogP contribution in [-0.4, -0.2) is 42.9 Å². The van der Waals surface area contributed by atoms with E-state index >= 15 is 0 Å². The first-order valence-corrected chi connectivity index (χ1v) is 5.93. The summed E-state index contributed by atoms with van der Waals surface area (Å²) >= 11 is 0. The fourth-order valence-corrected chi connectivity index (χ4v) is 2.23. The molecule has 1 rings (SSSR count). The van der Waals surface area contributed by atoms with Crippen LogP contribution < -0.4 is 10.6 Å². The Bertz CT molecular complexity index is 338. The molecule has 1 atom stereocenters.